The summed E-state index contributed by atoms with van der Waals surface area (Å²) >= 11 is 0. The summed E-state index contributed by atoms with van der Waals surface area (Å²) in [5.41, 5.74) is 2.45. The van der Waals surface area contributed by atoms with E-state index in [-0.39, 0.29) is 42.3 Å². The van der Waals surface area contributed by atoms with Gasteiger partial charge in [0.2, 0.25) is 0 Å². The van der Waals surface area contributed by atoms with Crippen LogP contribution in [0.4, 0.5) is 4.39 Å². The normalized spacial score (nSPS) is 10.7. The van der Waals surface area contributed by atoms with E-state index >= 15 is 0 Å². The number of likely N-dealkylation sites (N-methyl/N-ethyl adjacent to an activating group) is 1. The summed E-state index contributed by atoms with van der Waals surface area (Å²) in [6.45, 7) is 2.73. The molecule has 0 fully saturated rings. The molecule has 2 N–H and O–H groups in total. The molecule has 0 aromatic heterocycles. The number of nitrogens with zero attached hydrogens (tertiary/aromatic N) is 2. The summed E-state index contributed by atoms with van der Waals surface area (Å²) in [5.74, 6) is 0.926. The zero-order valence-electron chi connectivity index (χ0n) is 17.2. The highest BCUT2D eigenvalue weighted by atomic mass is 127. The van der Waals surface area contributed by atoms with Crippen molar-refractivity contribution in [3.63, 3.8) is 0 Å². The fraction of sp³-hybridized carbons (Fsp3) is 0.333. The van der Waals surface area contributed by atoms with Crippen molar-refractivity contribution in [3.8, 4) is 5.75 Å². The van der Waals surface area contributed by atoms with E-state index in [1.54, 1.807) is 34.1 Å². The molecule has 2 rings (SSSR count). The predicted molar refractivity (Wildman–Crippen MR) is 124 cm³/mol. The third-order valence-electron chi connectivity index (χ3n) is 4.14. The smallest absolute Gasteiger partial charge is 0.259 e. The number of aliphatic imine (C=N–C) groups is 1. The minimum atomic E-state index is -0.216. The van der Waals surface area contributed by atoms with Gasteiger partial charge in [-0.1, -0.05) is 24.3 Å². The fourth-order valence-electron chi connectivity index (χ4n) is 2.36. The van der Waals surface area contributed by atoms with E-state index in [9.17, 15) is 9.18 Å². The minimum Gasteiger partial charge on any atom is -0.484 e. The number of guanidine groups is 1. The van der Waals surface area contributed by atoms with E-state index < -0.39 is 0 Å². The molecule has 29 heavy (non-hydrogen) atoms. The fourth-order valence-corrected chi connectivity index (χ4v) is 2.36. The van der Waals surface area contributed by atoms with Gasteiger partial charge < -0.3 is 20.3 Å². The summed E-state index contributed by atoms with van der Waals surface area (Å²) < 4.78 is 19.2. The van der Waals surface area contributed by atoms with Gasteiger partial charge in [0.25, 0.3) is 5.91 Å². The van der Waals surface area contributed by atoms with Crippen LogP contribution in [0.5, 0.6) is 5.75 Å². The summed E-state index contributed by atoms with van der Waals surface area (Å²) in [6, 6.07) is 12.7. The molecule has 2 aromatic carbocycles. The van der Waals surface area contributed by atoms with Crippen LogP contribution in [0, 0.1) is 12.7 Å². The first-order chi connectivity index (χ1) is 13.4. The molecule has 0 radical (unpaired) electrons. The quantitative estimate of drug-likeness (QED) is 0.339. The van der Waals surface area contributed by atoms with Crippen molar-refractivity contribution in [2.45, 2.75) is 20.0 Å². The van der Waals surface area contributed by atoms with Crippen LogP contribution >= 0.6 is 24.0 Å². The molecule has 0 aliphatic rings. The molecule has 0 aliphatic carbocycles. The number of amides is 1. The van der Waals surface area contributed by atoms with Crippen molar-refractivity contribution in [3.05, 3.63) is 65.0 Å². The standard InChI is InChI=1S/C21H27FN4O2.HI/c1-15-8-9-17(11-19(15)22)13-25-21(23-2)24-12-16-6-5-7-18(10-16)28-14-20(27)26(3)4;/h5-11H,12-14H2,1-4H3,(H2,23,24,25);1H. The lowest BCUT2D eigenvalue weighted by molar-refractivity contribution is -0.130. The van der Waals surface area contributed by atoms with Gasteiger partial charge in [0, 0.05) is 34.2 Å². The molecule has 0 heterocycles. The van der Waals surface area contributed by atoms with Crippen LogP contribution < -0.4 is 15.4 Å². The van der Waals surface area contributed by atoms with E-state index in [1.165, 1.54) is 11.0 Å². The third kappa shape index (κ3) is 8.26. The summed E-state index contributed by atoms with van der Waals surface area (Å²) in [4.78, 5) is 17.3. The van der Waals surface area contributed by atoms with Crippen molar-refractivity contribution in [2.24, 2.45) is 4.99 Å². The van der Waals surface area contributed by atoms with Gasteiger partial charge in [0.1, 0.15) is 11.6 Å². The Hall–Kier alpha value is -2.36. The average molecular weight is 514 g/mol. The molecule has 0 spiro atoms. The molecule has 0 saturated carbocycles. The van der Waals surface area contributed by atoms with Gasteiger partial charge in [-0.05, 0) is 41.8 Å². The molecule has 2 aromatic rings. The largest absolute Gasteiger partial charge is 0.484 e. The lowest BCUT2D eigenvalue weighted by atomic mass is 10.1. The zero-order chi connectivity index (χ0) is 20.5. The highest BCUT2D eigenvalue weighted by molar-refractivity contribution is 14.0. The van der Waals surface area contributed by atoms with Gasteiger partial charge in [0.15, 0.2) is 12.6 Å². The second-order valence-electron chi connectivity index (χ2n) is 6.59. The summed E-state index contributed by atoms with van der Waals surface area (Å²) in [6.07, 6.45) is 0. The number of rotatable bonds is 7. The highest BCUT2D eigenvalue weighted by Gasteiger charge is 2.06. The topological polar surface area (TPSA) is 66.0 Å². The van der Waals surface area contributed by atoms with Crippen LogP contribution in [0.3, 0.4) is 0 Å². The summed E-state index contributed by atoms with van der Waals surface area (Å²) in [7, 11) is 5.06. The Morgan fingerprint density at radius 3 is 2.34 bits per heavy atom. The molecule has 6 nitrogen and oxygen atoms in total. The van der Waals surface area contributed by atoms with Crippen LogP contribution in [0.25, 0.3) is 0 Å². The Balaban J connectivity index is 0.00000420. The van der Waals surface area contributed by atoms with E-state index in [1.807, 2.05) is 30.3 Å². The SMILES string of the molecule is CN=C(NCc1cccc(OCC(=O)N(C)C)c1)NCc1ccc(C)c(F)c1.I. The zero-order valence-corrected chi connectivity index (χ0v) is 19.5. The lowest BCUT2D eigenvalue weighted by Gasteiger charge is -2.14. The average Bonchev–Trinajstić information content (AvgIpc) is 2.69. The number of halogens is 2. The number of hydrogen-bond acceptors (Lipinski definition) is 3. The maximum atomic E-state index is 13.6. The van der Waals surface area contributed by atoms with Crippen LogP contribution in [0.15, 0.2) is 47.5 Å². The number of nitrogens with one attached hydrogen (secondary N) is 2. The Morgan fingerprint density at radius 1 is 1.10 bits per heavy atom. The Kier molecular flexibility index (Phi) is 10.4. The Labute approximate surface area is 188 Å². The third-order valence-corrected chi connectivity index (χ3v) is 4.14. The molecule has 0 aliphatic heterocycles. The molecule has 8 heteroatoms. The summed E-state index contributed by atoms with van der Waals surface area (Å²) in [5, 5.41) is 6.37. The van der Waals surface area contributed by atoms with Gasteiger partial charge in [-0.15, -0.1) is 24.0 Å². The second kappa shape index (κ2) is 12.3. The molecule has 0 unspecified atom stereocenters. The van der Waals surface area contributed by atoms with Crippen LogP contribution in [-0.2, 0) is 17.9 Å². The maximum Gasteiger partial charge on any atom is 0.259 e. The minimum absolute atomic E-state index is 0. The second-order valence-corrected chi connectivity index (χ2v) is 6.59. The van der Waals surface area contributed by atoms with Crippen molar-refractivity contribution in [2.75, 3.05) is 27.7 Å². The van der Waals surface area contributed by atoms with E-state index in [2.05, 4.69) is 15.6 Å². The highest BCUT2D eigenvalue weighted by Crippen LogP contribution is 2.13. The monoisotopic (exact) mass is 514 g/mol. The van der Waals surface area contributed by atoms with Crippen molar-refractivity contribution >= 4 is 35.8 Å². The molecular formula is C21H28FIN4O2. The van der Waals surface area contributed by atoms with Gasteiger partial charge in [0.05, 0.1) is 0 Å². The van der Waals surface area contributed by atoms with E-state index in [0.29, 0.717) is 30.4 Å². The van der Waals surface area contributed by atoms with Gasteiger partial charge in [-0.2, -0.15) is 0 Å². The maximum absolute atomic E-state index is 13.6. The first kappa shape index (κ1) is 24.7. The first-order valence-corrected chi connectivity index (χ1v) is 9.00. The molecule has 0 bridgehead atoms. The van der Waals surface area contributed by atoms with E-state index in [4.69, 9.17) is 4.74 Å². The van der Waals surface area contributed by atoms with E-state index in [0.717, 1.165) is 11.1 Å². The van der Waals surface area contributed by atoms with Gasteiger partial charge in [-0.25, -0.2) is 4.39 Å². The molecule has 0 atom stereocenters. The Morgan fingerprint density at radius 2 is 1.76 bits per heavy atom. The van der Waals surface area contributed by atoms with Gasteiger partial charge >= 0.3 is 0 Å². The Bertz CT molecular complexity index is 843. The number of hydrogen-bond donors (Lipinski definition) is 2. The lowest BCUT2D eigenvalue weighted by Crippen LogP contribution is -2.36. The number of aryl methyl sites for hydroxylation is 1. The van der Waals surface area contributed by atoms with Crippen molar-refractivity contribution in [1.29, 1.82) is 0 Å². The number of benzene rings is 2. The number of carbonyl (C=O) groups is 1. The van der Waals surface area contributed by atoms with Crippen LogP contribution in [0.1, 0.15) is 16.7 Å². The van der Waals surface area contributed by atoms with Crippen molar-refractivity contribution < 1.29 is 13.9 Å². The predicted octanol–water partition coefficient (Wildman–Crippen LogP) is 3.08. The van der Waals surface area contributed by atoms with Crippen LogP contribution in [0.2, 0.25) is 0 Å². The molecule has 158 valence electrons. The molecule has 1 amide bonds. The first-order valence-electron chi connectivity index (χ1n) is 9.00. The number of carbonyl (C=O) groups excluding carboxylic acids is 1. The molecule has 0 saturated heterocycles. The van der Waals surface area contributed by atoms with Crippen LogP contribution in [-0.4, -0.2) is 44.5 Å². The number of ether oxygens (including phenoxy) is 1. The van der Waals surface area contributed by atoms with Crippen molar-refractivity contribution in [1.82, 2.24) is 15.5 Å². The molecular weight excluding hydrogens is 486 g/mol. The van der Waals surface area contributed by atoms with Gasteiger partial charge in [-0.3, -0.25) is 9.79 Å².